The Morgan fingerprint density at radius 2 is 0.977 bits per heavy atom. The van der Waals surface area contributed by atoms with Crippen molar-refractivity contribution < 1.29 is 0 Å². The highest BCUT2D eigenvalue weighted by atomic mass is 15.1. The number of aryl methyl sites for hydroxylation is 6. The third-order valence-corrected chi connectivity index (χ3v) is 9.70. The van der Waals surface area contributed by atoms with Gasteiger partial charge in [-0.3, -0.25) is 0 Å². The predicted molar refractivity (Wildman–Crippen MR) is 197 cm³/mol. The van der Waals surface area contributed by atoms with Gasteiger partial charge in [0.15, 0.2) is 0 Å². The molecule has 0 aliphatic carbocycles. The molecule has 7 aromatic carbocycles. The van der Waals surface area contributed by atoms with Crippen molar-refractivity contribution in [3.63, 3.8) is 0 Å². The molecule has 0 fully saturated rings. The third kappa shape index (κ3) is 4.39. The second-order valence-electron chi connectivity index (χ2n) is 13.2. The van der Waals surface area contributed by atoms with Crippen molar-refractivity contribution in [2.45, 2.75) is 41.5 Å². The van der Waals surface area contributed by atoms with Crippen LogP contribution in [0, 0.1) is 41.5 Å². The van der Waals surface area contributed by atoms with Gasteiger partial charge in [0.1, 0.15) is 0 Å². The summed E-state index contributed by atoms with van der Waals surface area (Å²) in [6.07, 6.45) is 0. The number of hydrogen-bond acceptors (Lipinski definition) is 1. The molecule has 0 bridgehead atoms. The van der Waals surface area contributed by atoms with Crippen LogP contribution in [0.3, 0.4) is 0 Å². The average molecular weight is 570 g/mol. The molecule has 0 aliphatic rings. The predicted octanol–water partition coefficient (Wildman–Crippen LogP) is 8.73. The van der Waals surface area contributed by atoms with Crippen LogP contribution < -0.4 is 21.3 Å². The molecule has 0 saturated heterocycles. The molecule has 0 heterocycles. The molecular weight excluding hydrogens is 529 g/mol. The molecule has 0 amide bonds. The van der Waals surface area contributed by atoms with E-state index in [1.165, 1.54) is 98.5 Å². The van der Waals surface area contributed by atoms with Gasteiger partial charge in [-0.25, -0.2) is 0 Å². The van der Waals surface area contributed by atoms with E-state index in [2.05, 4.69) is 158 Å². The van der Waals surface area contributed by atoms with E-state index in [1.807, 2.05) is 0 Å². The van der Waals surface area contributed by atoms with Crippen molar-refractivity contribution in [2.24, 2.45) is 0 Å². The summed E-state index contributed by atoms with van der Waals surface area (Å²) in [7, 11) is 4.32. The largest absolute Gasteiger partial charge is 0.377 e. The van der Waals surface area contributed by atoms with E-state index in [0.29, 0.717) is 0 Å². The summed E-state index contributed by atoms with van der Waals surface area (Å²) in [6, 6.07) is 37.0. The fourth-order valence-electron chi connectivity index (χ4n) is 8.15. The highest BCUT2D eigenvalue weighted by Crippen LogP contribution is 2.39. The van der Waals surface area contributed by atoms with E-state index in [4.69, 9.17) is 0 Å². The highest BCUT2D eigenvalue weighted by molar-refractivity contribution is 6.98. The van der Waals surface area contributed by atoms with Gasteiger partial charge in [-0.2, -0.15) is 0 Å². The topological polar surface area (TPSA) is 3.24 Å². The average Bonchev–Trinajstić information content (AvgIpc) is 2.98. The minimum absolute atomic E-state index is 0.0959. The van der Waals surface area contributed by atoms with Crippen LogP contribution in [0.5, 0.6) is 0 Å². The molecule has 7 rings (SSSR count). The molecule has 0 aromatic heterocycles. The second-order valence-corrected chi connectivity index (χ2v) is 13.2. The van der Waals surface area contributed by atoms with Gasteiger partial charge < -0.3 is 4.90 Å². The summed E-state index contributed by atoms with van der Waals surface area (Å²) in [5.41, 5.74) is 13.5. The normalized spacial score (nSPS) is 11.6. The van der Waals surface area contributed by atoms with Gasteiger partial charge >= 0.3 is 0 Å². The first-order chi connectivity index (χ1) is 21.1. The van der Waals surface area contributed by atoms with E-state index in [-0.39, 0.29) is 6.71 Å². The number of benzene rings is 7. The second kappa shape index (κ2) is 10.6. The van der Waals surface area contributed by atoms with Gasteiger partial charge in [0.25, 0.3) is 0 Å². The monoisotopic (exact) mass is 569 g/mol. The minimum Gasteiger partial charge on any atom is -0.377 e. The Balaban J connectivity index is 1.75. The summed E-state index contributed by atoms with van der Waals surface area (Å²) in [6.45, 7) is 13.7. The zero-order valence-electron chi connectivity index (χ0n) is 27.3. The molecule has 0 spiro atoms. The Labute approximate surface area is 262 Å². The summed E-state index contributed by atoms with van der Waals surface area (Å²) >= 11 is 0. The van der Waals surface area contributed by atoms with Crippen molar-refractivity contribution in [2.75, 3.05) is 19.0 Å². The van der Waals surface area contributed by atoms with Crippen molar-refractivity contribution in [1.29, 1.82) is 0 Å². The van der Waals surface area contributed by atoms with Gasteiger partial charge in [-0.1, -0.05) is 141 Å². The molecule has 1 nitrogen and oxygen atoms in total. The number of nitrogens with zero attached hydrogens (tertiary/aromatic N) is 1. The number of hydrogen-bond donors (Lipinski definition) is 0. The van der Waals surface area contributed by atoms with Gasteiger partial charge in [-0.05, 0) is 85.3 Å². The van der Waals surface area contributed by atoms with Crippen LogP contribution in [0.2, 0.25) is 0 Å². The van der Waals surface area contributed by atoms with Crippen molar-refractivity contribution >= 4 is 71.9 Å². The fraction of sp³-hybridized carbons (Fsp3) is 0.190. The number of fused-ring (bicyclic) bond motifs is 7. The molecular formula is C42H40BN. The lowest BCUT2D eigenvalue weighted by Crippen LogP contribution is -2.56. The maximum Gasteiger partial charge on any atom is 0.243 e. The molecule has 44 heavy (non-hydrogen) atoms. The molecule has 0 radical (unpaired) electrons. The Kier molecular flexibility index (Phi) is 6.78. The molecule has 216 valence electrons. The molecule has 0 aliphatic heterocycles. The Morgan fingerprint density at radius 1 is 0.455 bits per heavy atom. The molecule has 0 N–H and O–H groups in total. The number of rotatable bonds is 4. The van der Waals surface area contributed by atoms with E-state index in [1.54, 1.807) is 0 Å². The quantitative estimate of drug-likeness (QED) is 0.151. The molecule has 7 aromatic rings. The lowest BCUT2D eigenvalue weighted by Gasteiger charge is -2.27. The van der Waals surface area contributed by atoms with Crippen molar-refractivity contribution in [1.82, 2.24) is 0 Å². The van der Waals surface area contributed by atoms with Crippen molar-refractivity contribution in [3.8, 4) is 0 Å². The van der Waals surface area contributed by atoms with Crippen LogP contribution in [0.15, 0.2) is 97.1 Å². The van der Waals surface area contributed by atoms with Crippen LogP contribution in [-0.2, 0) is 0 Å². The van der Waals surface area contributed by atoms with Gasteiger partial charge in [-0.15, -0.1) is 0 Å². The van der Waals surface area contributed by atoms with Crippen LogP contribution in [0.4, 0.5) is 5.69 Å². The van der Waals surface area contributed by atoms with Crippen LogP contribution >= 0.6 is 0 Å². The highest BCUT2D eigenvalue weighted by Gasteiger charge is 2.31. The summed E-state index contributed by atoms with van der Waals surface area (Å²) < 4.78 is 0. The van der Waals surface area contributed by atoms with Gasteiger partial charge in [0, 0.05) is 25.2 Å². The molecule has 0 unspecified atom stereocenters. The molecule has 2 heteroatoms. The number of anilines is 1. The summed E-state index contributed by atoms with van der Waals surface area (Å²) in [5, 5.41) is 10.5. The van der Waals surface area contributed by atoms with E-state index < -0.39 is 0 Å². The SMILES string of the molecule is Cc1cc(C)c(B(c2c(C)cc(C)cc2C)c2cc3cc(N(C)C)c4ccccc4c3c3c2ccc2ccccc23)c(C)c1. The smallest absolute Gasteiger partial charge is 0.243 e. The first kappa shape index (κ1) is 28.2. The summed E-state index contributed by atoms with van der Waals surface area (Å²) in [4.78, 5) is 2.26. The third-order valence-electron chi connectivity index (χ3n) is 9.70. The molecule has 0 atom stereocenters. The lowest BCUT2D eigenvalue weighted by molar-refractivity contribution is 1.14. The zero-order valence-corrected chi connectivity index (χ0v) is 27.3. The van der Waals surface area contributed by atoms with Crippen LogP contribution in [0.1, 0.15) is 33.4 Å². The first-order valence-corrected chi connectivity index (χ1v) is 15.8. The maximum absolute atomic E-state index is 2.52. The minimum atomic E-state index is 0.0959. The van der Waals surface area contributed by atoms with Crippen LogP contribution in [0.25, 0.3) is 43.1 Å². The van der Waals surface area contributed by atoms with E-state index in [9.17, 15) is 0 Å². The standard InChI is InChI=1S/C42H40BN/c1-25-19-27(3)41(28(4)20-25)43(42-29(5)21-26(2)22-30(42)6)37-23-32-24-38(44(7)8)34-15-11-12-16-35(34)39(32)40-33-14-10-9-13-31(33)17-18-36(37)40/h9-24H,1-8H3. The zero-order chi connectivity index (χ0) is 30.9. The lowest BCUT2D eigenvalue weighted by atomic mass is 9.33. The van der Waals surface area contributed by atoms with E-state index >= 15 is 0 Å². The fourth-order valence-corrected chi connectivity index (χ4v) is 8.15. The van der Waals surface area contributed by atoms with Crippen LogP contribution in [-0.4, -0.2) is 20.8 Å². The van der Waals surface area contributed by atoms with E-state index in [0.717, 1.165) is 0 Å². The maximum atomic E-state index is 2.52. The van der Waals surface area contributed by atoms with Crippen molar-refractivity contribution in [3.05, 3.63) is 130 Å². The Bertz CT molecular complexity index is 2170. The molecule has 0 saturated carbocycles. The first-order valence-electron chi connectivity index (χ1n) is 15.8. The Hall–Kier alpha value is -4.56. The van der Waals surface area contributed by atoms with Gasteiger partial charge in [0.05, 0.1) is 0 Å². The van der Waals surface area contributed by atoms with Gasteiger partial charge in [0.2, 0.25) is 6.71 Å². The summed E-state index contributed by atoms with van der Waals surface area (Å²) in [5.74, 6) is 0. The Morgan fingerprint density at radius 3 is 1.55 bits per heavy atom.